The van der Waals surface area contributed by atoms with Gasteiger partial charge in [0, 0.05) is 82.1 Å². The highest BCUT2D eigenvalue weighted by molar-refractivity contribution is 7.15. The van der Waals surface area contributed by atoms with Crippen LogP contribution in [0.25, 0.3) is 10.6 Å². The Balaban J connectivity index is 0.700. The number of aliphatic imine (C=N–C) groups is 1. The van der Waals surface area contributed by atoms with E-state index in [0.717, 1.165) is 98.5 Å². The maximum absolute atomic E-state index is 14.2. The van der Waals surface area contributed by atoms with Crippen LogP contribution in [0.15, 0.2) is 94.7 Å². The number of anilines is 1. The van der Waals surface area contributed by atoms with E-state index in [4.69, 9.17) is 47.1 Å². The van der Waals surface area contributed by atoms with Gasteiger partial charge in [-0.2, -0.15) is 0 Å². The van der Waals surface area contributed by atoms with E-state index in [0.29, 0.717) is 132 Å². The van der Waals surface area contributed by atoms with Crippen molar-refractivity contribution in [2.45, 2.75) is 78.2 Å². The van der Waals surface area contributed by atoms with Gasteiger partial charge in [-0.3, -0.25) is 28.7 Å². The summed E-state index contributed by atoms with van der Waals surface area (Å²) in [5, 5.41) is 21.8. The number of aromatic nitrogens is 3. The van der Waals surface area contributed by atoms with Crippen LogP contribution in [-0.2, 0) is 28.5 Å². The normalized spacial score (nSPS) is 17.5. The molecule has 2 aromatic heterocycles. The highest BCUT2D eigenvalue weighted by Crippen LogP contribution is 2.44. The third-order valence-corrected chi connectivity index (χ3v) is 22.0. The molecule has 3 aromatic carbocycles. The van der Waals surface area contributed by atoms with Crippen LogP contribution in [0.2, 0.25) is 18.1 Å². The van der Waals surface area contributed by atoms with E-state index in [2.05, 4.69) is 92.9 Å². The van der Waals surface area contributed by atoms with Crippen molar-refractivity contribution >= 4 is 94.5 Å². The molecule has 0 spiro atoms. The number of nitrogens with zero attached hydrogens (tertiary/aromatic N) is 6. The number of amides is 3. The van der Waals surface area contributed by atoms with Crippen LogP contribution < -0.4 is 26.0 Å². The average molecular weight is 1260 g/mol. The first-order valence-electron chi connectivity index (χ1n) is 30.1. The molecule has 2 saturated heterocycles. The lowest BCUT2D eigenvalue weighted by atomic mass is 9.86. The van der Waals surface area contributed by atoms with Crippen LogP contribution in [-0.4, -0.2) is 174 Å². The molecular formula is C65H77Cl2FN9O8SSi+. The summed E-state index contributed by atoms with van der Waals surface area (Å²) in [6, 6.07) is 18.5. The maximum Gasteiger partial charge on any atom is 0.251 e. The van der Waals surface area contributed by atoms with Gasteiger partial charge in [-0.05, 0) is 114 Å². The molecule has 6 heterocycles. The number of carbonyl (C=O) groups excluding carboxylic acids is 4. The van der Waals surface area contributed by atoms with Gasteiger partial charge in [0.05, 0.1) is 71.5 Å². The molecule has 10 rings (SSSR count). The number of thiophene rings is 1. The van der Waals surface area contributed by atoms with Crippen LogP contribution in [0.1, 0.15) is 103 Å². The predicted octanol–water partition coefficient (Wildman–Crippen LogP) is 8.54. The summed E-state index contributed by atoms with van der Waals surface area (Å²) in [6.07, 6.45) is 10.7. The van der Waals surface area contributed by atoms with Gasteiger partial charge >= 0.3 is 0 Å². The summed E-state index contributed by atoms with van der Waals surface area (Å²) in [7, 11) is -2.48. The Kier molecular flexibility index (Phi) is 21.3. The largest absolute Gasteiger partial charge is 0.379 e. The number of nitrogens with one attached hydrogen (secondary N) is 3. The molecule has 0 unspecified atom stereocenters. The first kappa shape index (κ1) is 63.5. The molecule has 0 radical (unpaired) electrons. The van der Waals surface area contributed by atoms with E-state index in [1.807, 2.05) is 47.9 Å². The second-order valence-corrected chi connectivity index (χ2v) is 29.4. The topological polar surface area (TPSA) is 191 Å². The van der Waals surface area contributed by atoms with Crippen LogP contribution in [0.4, 0.5) is 10.1 Å². The first-order valence-corrected chi connectivity index (χ1v) is 34.8. The lowest BCUT2D eigenvalue weighted by Gasteiger charge is -2.41. The molecule has 87 heavy (non-hydrogen) atoms. The van der Waals surface area contributed by atoms with Crippen molar-refractivity contribution in [3.05, 3.63) is 150 Å². The van der Waals surface area contributed by atoms with Gasteiger partial charge in [0.25, 0.3) is 5.91 Å². The molecule has 0 saturated carbocycles. The number of fused-ring (bicyclic) bond motifs is 5. The van der Waals surface area contributed by atoms with Crippen LogP contribution in [0, 0.1) is 26.7 Å². The van der Waals surface area contributed by atoms with Gasteiger partial charge in [0.2, 0.25) is 11.8 Å². The lowest BCUT2D eigenvalue weighted by Crippen LogP contribution is -2.53. The summed E-state index contributed by atoms with van der Waals surface area (Å²) in [4.78, 5) is 61.7. The van der Waals surface area contributed by atoms with Crippen LogP contribution in [0.3, 0.4) is 0 Å². The standard InChI is InChI=1S/C65H76Cl2FN9O8SSi/c1-41-42(2)86-65-59(41)61(44-12-14-48(67)15-13-44)72-55(62-74-73-43(3)77(62)65)35-58(79)69-21-25-83-30-31-85-27-23-71-64(81)47-36-75(37-47)50-16-18-52-56(33-50)87(4,5)57-34-51(76-38-49(68)39-76)17-19-53(57)60(52)54-32-45(10-11-46(54)40-78)63(80)70-22-26-84-29-28-82-24-9-7-6-8-20-66/h10-19,32-34,40,47,49,55H,6-9,20-31,35-39H2,1-5H3,(H2-,69,70,71,79,80,81)/p+1/t55-/m0/s1. The molecule has 3 amide bonds. The van der Waals surface area contributed by atoms with Gasteiger partial charge in [-0.15, -0.1) is 33.1 Å². The molecule has 22 heteroatoms. The number of rotatable bonds is 29. The van der Waals surface area contributed by atoms with E-state index in [-0.39, 0.29) is 30.1 Å². The smallest absolute Gasteiger partial charge is 0.251 e. The fraction of sp³-hybridized carbons (Fsp3) is 0.446. The molecule has 1 aliphatic carbocycles. The SMILES string of the molecule is Cc1sc2c(c1C)C(c1ccc(Cl)cc1)=N[C@@H](CC(=O)NCCOCCOCCNC(=O)C1C[N+](=C3C=CC4=C(c5cc(C(=O)NCCOCCOCCCCCCCl)ccc5C=O)c5ccc(N6CC(F)C6)cc5[Si](C)(C)C4=C3)C1)c1nnc(C)n1-2. The van der Waals surface area contributed by atoms with Gasteiger partial charge in [-0.1, -0.05) is 61.8 Å². The molecule has 5 aromatic rings. The minimum absolute atomic E-state index is 0.0383. The quantitative estimate of drug-likeness (QED) is 0.0137. The van der Waals surface area contributed by atoms with Crippen molar-refractivity contribution in [1.29, 1.82) is 0 Å². The summed E-state index contributed by atoms with van der Waals surface area (Å²) in [5.41, 5.74) is 10.2. The lowest BCUT2D eigenvalue weighted by molar-refractivity contribution is -0.596. The molecule has 4 aliphatic heterocycles. The molecule has 460 valence electrons. The van der Waals surface area contributed by atoms with Gasteiger partial charge < -0.3 is 39.8 Å². The van der Waals surface area contributed by atoms with Crippen molar-refractivity contribution in [3.63, 3.8) is 0 Å². The van der Waals surface area contributed by atoms with Gasteiger partial charge in [-0.25, -0.2) is 8.97 Å². The Hall–Kier alpha value is -6.49. The number of halogens is 3. The second-order valence-electron chi connectivity index (χ2n) is 23.0. The zero-order valence-corrected chi connectivity index (χ0v) is 53.5. The van der Waals surface area contributed by atoms with Crippen LogP contribution >= 0.6 is 34.5 Å². The van der Waals surface area contributed by atoms with Crippen molar-refractivity contribution < 1.29 is 47.1 Å². The molecule has 2 fully saturated rings. The first-order chi connectivity index (χ1) is 42.1. The van der Waals surface area contributed by atoms with Crippen molar-refractivity contribution in [2.75, 3.05) is 109 Å². The number of allylic oxidation sites excluding steroid dienone is 5. The van der Waals surface area contributed by atoms with Crippen molar-refractivity contribution in [2.24, 2.45) is 10.9 Å². The average Bonchev–Trinajstić information content (AvgIpc) is 1.84. The summed E-state index contributed by atoms with van der Waals surface area (Å²) >= 11 is 13.7. The number of hydrogen-bond donors (Lipinski definition) is 3. The molecule has 0 bridgehead atoms. The molecule has 1 atom stereocenters. The third kappa shape index (κ3) is 14.7. The third-order valence-electron chi connectivity index (χ3n) is 16.7. The number of benzene rings is 3. The number of alkyl halides is 2. The molecule has 17 nitrogen and oxygen atoms in total. The number of aldehydes is 1. The Morgan fingerprint density at radius 1 is 0.805 bits per heavy atom. The Bertz CT molecular complexity index is 3530. The van der Waals surface area contributed by atoms with E-state index < -0.39 is 20.3 Å². The molecule has 3 N–H and O–H groups in total. The highest BCUT2D eigenvalue weighted by atomic mass is 35.5. The summed E-state index contributed by atoms with van der Waals surface area (Å²) < 4.78 is 41.4. The maximum atomic E-state index is 14.2. The molecular weight excluding hydrogens is 1180 g/mol. The molecule has 5 aliphatic rings. The second kappa shape index (κ2) is 29.2. The highest BCUT2D eigenvalue weighted by Gasteiger charge is 2.44. The Morgan fingerprint density at radius 3 is 2.20 bits per heavy atom. The zero-order valence-electron chi connectivity index (χ0n) is 50.2. The van der Waals surface area contributed by atoms with Gasteiger partial charge in [0.1, 0.15) is 31.1 Å². The Labute approximate surface area is 523 Å². The van der Waals surface area contributed by atoms with E-state index in [9.17, 15) is 23.6 Å². The number of carbonyl (C=O) groups is 4. The van der Waals surface area contributed by atoms with Gasteiger partial charge in [0.15, 0.2) is 36.8 Å². The van der Waals surface area contributed by atoms with E-state index in [1.165, 1.54) is 10.1 Å². The minimum atomic E-state index is -2.48. The fourth-order valence-electron chi connectivity index (χ4n) is 11.7. The number of hydrogen-bond acceptors (Lipinski definition) is 13. The van der Waals surface area contributed by atoms with E-state index >= 15 is 0 Å². The zero-order chi connectivity index (χ0) is 61.2. The summed E-state index contributed by atoms with van der Waals surface area (Å²) in [5.74, 6) is 1.32. The summed E-state index contributed by atoms with van der Waals surface area (Å²) in [6.45, 7) is 16.6. The monoisotopic (exact) mass is 1260 g/mol. The van der Waals surface area contributed by atoms with Crippen LogP contribution in [0.5, 0.6) is 0 Å². The fourth-order valence-corrected chi connectivity index (χ4v) is 16.3. The minimum Gasteiger partial charge on any atom is -0.379 e. The number of aryl methyl sites for hydroxylation is 2. The number of ether oxygens (including phenoxy) is 4. The van der Waals surface area contributed by atoms with Crippen molar-refractivity contribution in [3.8, 4) is 5.00 Å². The predicted molar refractivity (Wildman–Crippen MR) is 343 cm³/mol. The Morgan fingerprint density at radius 2 is 1.49 bits per heavy atom. The van der Waals surface area contributed by atoms with Crippen molar-refractivity contribution in [1.82, 2.24) is 30.7 Å². The number of unbranched alkanes of at least 4 members (excludes halogenated alkanes) is 3. The van der Waals surface area contributed by atoms with E-state index in [1.54, 1.807) is 23.5 Å².